The SMILES string of the molecule is CCCC=N[n+]1c([C@H](C)OC)n[nH]c1[C@H](C)OC. The van der Waals surface area contributed by atoms with E-state index >= 15 is 0 Å². The molecule has 18 heavy (non-hydrogen) atoms. The lowest BCUT2D eigenvalue weighted by Gasteiger charge is -2.06. The minimum absolute atomic E-state index is 0.103. The Hall–Kier alpha value is -1.27. The van der Waals surface area contributed by atoms with E-state index in [2.05, 4.69) is 22.2 Å². The van der Waals surface area contributed by atoms with Gasteiger partial charge in [0.2, 0.25) is 0 Å². The van der Waals surface area contributed by atoms with Crippen LogP contribution >= 0.6 is 0 Å². The molecule has 6 heteroatoms. The molecule has 102 valence electrons. The van der Waals surface area contributed by atoms with E-state index in [1.807, 2.05) is 20.1 Å². The largest absolute Gasteiger partial charge is 0.371 e. The van der Waals surface area contributed by atoms with Gasteiger partial charge in [0.05, 0.1) is 0 Å². The van der Waals surface area contributed by atoms with Crippen LogP contribution in [0.4, 0.5) is 0 Å². The number of ether oxygens (including phenoxy) is 2. The van der Waals surface area contributed by atoms with Crippen LogP contribution in [0.3, 0.4) is 0 Å². The van der Waals surface area contributed by atoms with Crippen LogP contribution in [-0.2, 0) is 9.47 Å². The molecule has 0 saturated carbocycles. The molecule has 0 spiro atoms. The van der Waals surface area contributed by atoms with Crippen molar-refractivity contribution in [2.45, 2.75) is 45.8 Å². The number of aromatic amines is 1. The summed E-state index contributed by atoms with van der Waals surface area (Å²) < 4.78 is 12.4. The number of rotatable bonds is 7. The lowest BCUT2D eigenvalue weighted by molar-refractivity contribution is -0.700. The molecule has 0 unspecified atom stereocenters. The molecule has 0 fully saturated rings. The molecular weight excluding hydrogens is 232 g/mol. The number of nitrogens with zero attached hydrogens (tertiary/aromatic N) is 3. The first kappa shape index (κ1) is 14.8. The van der Waals surface area contributed by atoms with Crippen LogP contribution in [0.15, 0.2) is 5.10 Å². The molecule has 0 aliphatic rings. The molecule has 0 aliphatic heterocycles. The van der Waals surface area contributed by atoms with Gasteiger partial charge >= 0.3 is 5.82 Å². The number of hydrogen-bond acceptors (Lipinski definition) is 4. The van der Waals surface area contributed by atoms with Crippen molar-refractivity contribution in [1.82, 2.24) is 10.2 Å². The first-order chi connectivity index (χ1) is 8.65. The quantitative estimate of drug-likeness (QED) is 0.596. The van der Waals surface area contributed by atoms with Gasteiger partial charge in [-0.3, -0.25) is 0 Å². The van der Waals surface area contributed by atoms with Crippen molar-refractivity contribution in [3.8, 4) is 0 Å². The topological polar surface area (TPSA) is 63.4 Å². The predicted octanol–water partition coefficient (Wildman–Crippen LogP) is 1.75. The highest BCUT2D eigenvalue weighted by Crippen LogP contribution is 2.13. The van der Waals surface area contributed by atoms with Gasteiger partial charge in [-0.25, -0.2) is 0 Å². The average Bonchev–Trinajstić information content (AvgIpc) is 2.81. The van der Waals surface area contributed by atoms with Crippen molar-refractivity contribution in [2.24, 2.45) is 5.10 Å². The Morgan fingerprint density at radius 3 is 2.56 bits per heavy atom. The van der Waals surface area contributed by atoms with Crippen molar-refractivity contribution in [2.75, 3.05) is 14.2 Å². The summed E-state index contributed by atoms with van der Waals surface area (Å²) in [6.45, 7) is 5.99. The Morgan fingerprint density at radius 2 is 2.00 bits per heavy atom. The highest BCUT2D eigenvalue weighted by Gasteiger charge is 2.28. The summed E-state index contributed by atoms with van der Waals surface area (Å²) in [4.78, 5) is 0. The van der Waals surface area contributed by atoms with Gasteiger partial charge in [-0.1, -0.05) is 13.3 Å². The molecule has 1 rings (SSSR count). The van der Waals surface area contributed by atoms with Crippen molar-refractivity contribution >= 4 is 6.21 Å². The lowest BCUT2D eigenvalue weighted by Crippen LogP contribution is -2.38. The van der Waals surface area contributed by atoms with Gasteiger partial charge in [0.15, 0.2) is 0 Å². The van der Waals surface area contributed by atoms with E-state index in [1.54, 1.807) is 18.9 Å². The van der Waals surface area contributed by atoms with Gasteiger partial charge in [0.1, 0.15) is 12.2 Å². The zero-order chi connectivity index (χ0) is 13.5. The Balaban J connectivity index is 3.08. The molecule has 2 atom stereocenters. The maximum atomic E-state index is 5.30. The molecule has 1 N–H and O–H groups in total. The maximum absolute atomic E-state index is 5.30. The molecule has 0 bridgehead atoms. The fraction of sp³-hybridized carbons (Fsp3) is 0.750. The van der Waals surface area contributed by atoms with E-state index < -0.39 is 0 Å². The zero-order valence-electron chi connectivity index (χ0n) is 11.8. The van der Waals surface area contributed by atoms with Crippen LogP contribution in [-0.4, -0.2) is 30.6 Å². The minimum atomic E-state index is -0.127. The molecule has 0 aromatic carbocycles. The van der Waals surface area contributed by atoms with Gasteiger partial charge in [-0.05, 0) is 20.3 Å². The van der Waals surface area contributed by atoms with Crippen LogP contribution in [0.2, 0.25) is 0 Å². The highest BCUT2D eigenvalue weighted by atomic mass is 16.5. The van der Waals surface area contributed by atoms with Gasteiger partial charge in [-0.15, -0.1) is 14.9 Å². The third kappa shape index (κ3) is 3.36. The second-order valence-corrected chi connectivity index (χ2v) is 4.12. The van der Waals surface area contributed by atoms with E-state index in [4.69, 9.17) is 9.47 Å². The van der Waals surface area contributed by atoms with E-state index in [1.165, 1.54) is 0 Å². The summed E-state index contributed by atoms with van der Waals surface area (Å²) >= 11 is 0. The average molecular weight is 255 g/mol. The van der Waals surface area contributed by atoms with Gasteiger partial charge < -0.3 is 9.47 Å². The van der Waals surface area contributed by atoms with Crippen molar-refractivity contribution < 1.29 is 14.1 Å². The minimum Gasteiger partial charge on any atom is -0.371 e. The molecular formula is C12H23N4O2+. The Labute approximate surface area is 108 Å². The molecule has 0 radical (unpaired) electrons. The first-order valence-corrected chi connectivity index (χ1v) is 6.24. The van der Waals surface area contributed by atoms with Gasteiger partial charge in [0.25, 0.3) is 5.82 Å². The summed E-state index contributed by atoms with van der Waals surface area (Å²) in [5.41, 5.74) is 0. The van der Waals surface area contributed by atoms with Crippen LogP contribution in [0.25, 0.3) is 0 Å². The predicted molar refractivity (Wildman–Crippen MR) is 68.4 cm³/mol. The van der Waals surface area contributed by atoms with Crippen molar-refractivity contribution in [3.05, 3.63) is 11.6 Å². The zero-order valence-corrected chi connectivity index (χ0v) is 11.8. The molecule has 0 aliphatic carbocycles. The summed E-state index contributed by atoms with van der Waals surface area (Å²) in [7, 11) is 3.31. The number of H-pyrrole nitrogens is 1. The van der Waals surface area contributed by atoms with Crippen LogP contribution in [0.5, 0.6) is 0 Å². The Bertz CT molecular complexity index is 362. The molecule has 0 saturated heterocycles. The number of unbranched alkanes of at least 4 members (excludes halogenated alkanes) is 1. The first-order valence-electron chi connectivity index (χ1n) is 6.24. The number of nitrogens with one attached hydrogen (secondary N) is 1. The summed E-state index contributed by atoms with van der Waals surface area (Å²) in [6.07, 6.45) is 3.64. The molecule has 0 amide bonds. The van der Waals surface area contributed by atoms with Crippen molar-refractivity contribution in [3.63, 3.8) is 0 Å². The van der Waals surface area contributed by atoms with Crippen LogP contribution in [0, 0.1) is 0 Å². The van der Waals surface area contributed by atoms with Gasteiger partial charge in [-0.2, -0.15) is 0 Å². The highest BCUT2D eigenvalue weighted by molar-refractivity contribution is 5.55. The van der Waals surface area contributed by atoms with Crippen LogP contribution in [0.1, 0.15) is 57.5 Å². The maximum Gasteiger partial charge on any atom is 0.329 e. The lowest BCUT2D eigenvalue weighted by atomic mass is 10.3. The summed E-state index contributed by atoms with van der Waals surface area (Å²) in [6, 6.07) is 0. The smallest absolute Gasteiger partial charge is 0.329 e. The molecule has 6 nitrogen and oxygen atoms in total. The molecule has 1 aromatic heterocycles. The second-order valence-electron chi connectivity index (χ2n) is 4.12. The normalized spacial score (nSPS) is 15.2. The summed E-state index contributed by atoms with van der Waals surface area (Å²) in [5, 5.41) is 11.6. The van der Waals surface area contributed by atoms with Crippen molar-refractivity contribution in [1.29, 1.82) is 0 Å². The Morgan fingerprint density at radius 1 is 1.33 bits per heavy atom. The second kappa shape index (κ2) is 7.23. The van der Waals surface area contributed by atoms with E-state index in [0.717, 1.165) is 24.5 Å². The number of aromatic nitrogens is 3. The van der Waals surface area contributed by atoms with E-state index in [9.17, 15) is 0 Å². The van der Waals surface area contributed by atoms with E-state index in [-0.39, 0.29) is 12.2 Å². The van der Waals surface area contributed by atoms with Crippen LogP contribution < -0.4 is 4.68 Å². The Kier molecular flexibility index (Phi) is 5.94. The third-order valence-corrected chi connectivity index (χ3v) is 2.80. The standard InChI is InChI=1S/C12H22N4O2/c1-6-7-8-13-16-11(9(2)17-4)14-15-12(16)10(3)18-5/h8-10H,6-7H2,1-5H3/p+1/t9-,10-/m0/s1. The fourth-order valence-electron chi connectivity index (χ4n) is 1.47. The molecule has 1 heterocycles. The third-order valence-electron chi connectivity index (χ3n) is 2.80. The summed E-state index contributed by atoms with van der Waals surface area (Å²) in [5.74, 6) is 1.55. The fourth-order valence-corrected chi connectivity index (χ4v) is 1.47. The van der Waals surface area contributed by atoms with Gasteiger partial charge in [0, 0.05) is 25.5 Å². The van der Waals surface area contributed by atoms with E-state index in [0.29, 0.717) is 0 Å². The molecule has 1 aromatic rings. The number of hydrogen-bond donors (Lipinski definition) is 1. The number of methoxy groups -OCH3 is 2. The monoisotopic (exact) mass is 255 g/mol.